The van der Waals surface area contributed by atoms with Gasteiger partial charge in [0, 0.05) is 5.56 Å². The Morgan fingerprint density at radius 3 is 2.11 bits per heavy atom. The lowest BCUT2D eigenvalue weighted by atomic mass is 10.0. The Bertz CT molecular complexity index is 937. The summed E-state index contributed by atoms with van der Waals surface area (Å²) in [5.74, 6) is -1.99. The second-order valence-electron chi connectivity index (χ2n) is 6.48. The highest BCUT2D eigenvalue weighted by Gasteiger charge is 2.24. The van der Waals surface area contributed by atoms with Crippen LogP contribution in [-0.2, 0) is 14.8 Å². The molecule has 0 radical (unpaired) electrons. The van der Waals surface area contributed by atoms with Crippen molar-refractivity contribution in [2.75, 3.05) is 4.72 Å². The number of anilines is 1. The molecule has 0 aliphatic heterocycles. The number of carboxylic acid groups (broad SMARTS) is 1. The number of hydrogen-bond acceptors (Lipinski definition) is 4. The molecule has 1 amide bonds. The molecule has 0 heterocycles. The largest absolute Gasteiger partial charge is 0.480 e. The van der Waals surface area contributed by atoms with Gasteiger partial charge in [-0.2, -0.15) is 0 Å². The smallest absolute Gasteiger partial charge is 0.326 e. The summed E-state index contributed by atoms with van der Waals surface area (Å²) in [6.45, 7) is 5.16. The van der Waals surface area contributed by atoms with Gasteiger partial charge in [-0.15, -0.1) is 0 Å². The average molecular weight is 390 g/mol. The number of para-hydroxylation sites is 1. The molecule has 0 unspecified atom stereocenters. The molecule has 0 spiro atoms. The van der Waals surface area contributed by atoms with E-state index in [0.717, 1.165) is 5.56 Å². The van der Waals surface area contributed by atoms with Gasteiger partial charge in [0.1, 0.15) is 6.04 Å². The minimum atomic E-state index is -3.80. The second-order valence-corrected chi connectivity index (χ2v) is 8.16. The van der Waals surface area contributed by atoms with Crippen molar-refractivity contribution in [2.24, 2.45) is 5.92 Å². The van der Waals surface area contributed by atoms with Gasteiger partial charge in [0.05, 0.1) is 10.6 Å². The first kappa shape index (κ1) is 20.4. The first-order chi connectivity index (χ1) is 12.6. The first-order valence-electron chi connectivity index (χ1n) is 8.34. The Kier molecular flexibility index (Phi) is 6.22. The summed E-state index contributed by atoms with van der Waals surface area (Å²) >= 11 is 0. The summed E-state index contributed by atoms with van der Waals surface area (Å²) in [4.78, 5) is 23.4. The van der Waals surface area contributed by atoms with Crippen molar-refractivity contribution >= 4 is 27.6 Å². The fourth-order valence-corrected chi connectivity index (χ4v) is 3.55. The Labute approximate surface area is 158 Å². The number of rotatable bonds is 7. The summed E-state index contributed by atoms with van der Waals surface area (Å²) < 4.78 is 27.5. The molecule has 0 aliphatic rings. The van der Waals surface area contributed by atoms with E-state index in [1.54, 1.807) is 39.0 Å². The van der Waals surface area contributed by atoms with Crippen molar-refractivity contribution in [3.8, 4) is 0 Å². The summed E-state index contributed by atoms with van der Waals surface area (Å²) in [6.07, 6.45) is 0. The molecule has 0 aromatic heterocycles. The van der Waals surface area contributed by atoms with E-state index >= 15 is 0 Å². The van der Waals surface area contributed by atoms with Gasteiger partial charge in [-0.1, -0.05) is 32.0 Å². The van der Waals surface area contributed by atoms with Crippen LogP contribution in [0.15, 0.2) is 53.4 Å². The normalized spacial score (nSPS) is 12.4. The standard InChI is InChI=1S/C19H22N2O5S/c1-12(2)17(19(23)24)20-18(22)14-8-10-15(11-9-14)27(25,26)21-16-7-5-4-6-13(16)3/h4-12,17,21H,1-3H3,(H,20,22)(H,23,24)/t17-/m0/s1. The predicted octanol–water partition coefficient (Wildman–Crippen LogP) is 2.63. The second kappa shape index (κ2) is 8.22. The number of aliphatic carboxylic acids is 1. The molecular weight excluding hydrogens is 368 g/mol. The van der Waals surface area contributed by atoms with E-state index < -0.39 is 27.9 Å². The maximum Gasteiger partial charge on any atom is 0.326 e. The number of benzene rings is 2. The van der Waals surface area contributed by atoms with Crippen LogP contribution >= 0.6 is 0 Å². The van der Waals surface area contributed by atoms with E-state index in [4.69, 9.17) is 5.11 Å². The maximum absolute atomic E-state index is 12.5. The summed E-state index contributed by atoms with van der Waals surface area (Å²) in [6, 6.07) is 11.3. The molecule has 1 atom stereocenters. The van der Waals surface area contributed by atoms with Gasteiger partial charge in [-0.05, 0) is 48.7 Å². The van der Waals surface area contributed by atoms with Crippen molar-refractivity contribution in [3.05, 3.63) is 59.7 Å². The topological polar surface area (TPSA) is 113 Å². The van der Waals surface area contributed by atoms with Gasteiger partial charge in [0.2, 0.25) is 0 Å². The van der Waals surface area contributed by atoms with Crippen molar-refractivity contribution in [3.63, 3.8) is 0 Å². The Hall–Kier alpha value is -2.87. The summed E-state index contributed by atoms with van der Waals surface area (Å²) in [7, 11) is -3.80. The molecule has 0 bridgehead atoms. The minimum Gasteiger partial charge on any atom is -0.480 e. The number of aryl methyl sites for hydroxylation is 1. The zero-order chi connectivity index (χ0) is 20.2. The third kappa shape index (κ3) is 5.07. The Balaban J connectivity index is 2.17. The number of carbonyl (C=O) groups is 2. The van der Waals surface area contributed by atoms with Crippen molar-refractivity contribution < 1.29 is 23.1 Å². The van der Waals surface area contributed by atoms with Crippen LogP contribution in [0.1, 0.15) is 29.8 Å². The van der Waals surface area contributed by atoms with Gasteiger partial charge >= 0.3 is 5.97 Å². The third-order valence-corrected chi connectivity index (χ3v) is 5.42. The zero-order valence-corrected chi connectivity index (χ0v) is 16.1. The SMILES string of the molecule is Cc1ccccc1NS(=O)(=O)c1ccc(C(=O)N[C@H](C(=O)O)C(C)C)cc1. The van der Waals surface area contributed by atoms with Gasteiger partial charge < -0.3 is 10.4 Å². The van der Waals surface area contributed by atoms with Gasteiger partial charge in [0.25, 0.3) is 15.9 Å². The lowest BCUT2D eigenvalue weighted by Crippen LogP contribution is -2.44. The lowest BCUT2D eigenvalue weighted by molar-refractivity contribution is -0.140. The maximum atomic E-state index is 12.5. The first-order valence-corrected chi connectivity index (χ1v) is 9.82. The van der Waals surface area contributed by atoms with Crippen molar-refractivity contribution in [2.45, 2.75) is 31.7 Å². The molecule has 0 saturated heterocycles. The van der Waals surface area contributed by atoms with Crippen LogP contribution in [0.4, 0.5) is 5.69 Å². The molecule has 8 heteroatoms. The number of carbonyl (C=O) groups excluding carboxylic acids is 1. The highest BCUT2D eigenvalue weighted by Crippen LogP contribution is 2.19. The zero-order valence-electron chi connectivity index (χ0n) is 15.3. The Morgan fingerprint density at radius 2 is 1.59 bits per heavy atom. The molecule has 2 aromatic rings. The number of sulfonamides is 1. The lowest BCUT2D eigenvalue weighted by Gasteiger charge is -2.18. The van der Waals surface area contributed by atoms with E-state index in [9.17, 15) is 18.0 Å². The summed E-state index contributed by atoms with van der Waals surface area (Å²) in [5, 5.41) is 11.6. The van der Waals surface area contributed by atoms with E-state index in [2.05, 4.69) is 10.0 Å². The number of carboxylic acids is 1. The molecule has 0 aliphatic carbocycles. The Morgan fingerprint density at radius 1 is 1.00 bits per heavy atom. The van der Waals surface area contributed by atoms with Crippen LogP contribution in [0.25, 0.3) is 0 Å². The fourth-order valence-electron chi connectivity index (χ4n) is 2.41. The molecule has 0 fully saturated rings. The number of amides is 1. The third-order valence-electron chi connectivity index (χ3n) is 4.04. The highest BCUT2D eigenvalue weighted by atomic mass is 32.2. The highest BCUT2D eigenvalue weighted by molar-refractivity contribution is 7.92. The number of nitrogens with one attached hydrogen (secondary N) is 2. The molecule has 3 N–H and O–H groups in total. The van der Waals surface area contributed by atoms with Crippen LogP contribution in [0.5, 0.6) is 0 Å². The summed E-state index contributed by atoms with van der Waals surface area (Å²) in [5.41, 5.74) is 1.43. The molecule has 144 valence electrons. The van der Waals surface area contributed by atoms with Crippen LogP contribution in [0.2, 0.25) is 0 Å². The molecule has 2 aromatic carbocycles. The fraction of sp³-hybridized carbons (Fsp3) is 0.263. The van der Waals surface area contributed by atoms with Gasteiger partial charge in [-0.3, -0.25) is 9.52 Å². The average Bonchev–Trinajstić information content (AvgIpc) is 2.61. The number of hydrogen-bond donors (Lipinski definition) is 3. The molecule has 0 saturated carbocycles. The minimum absolute atomic E-state index is 0.000877. The van der Waals surface area contributed by atoms with E-state index in [1.807, 2.05) is 6.07 Å². The molecular formula is C19H22N2O5S. The van der Waals surface area contributed by atoms with Gasteiger partial charge in [0.15, 0.2) is 0 Å². The van der Waals surface area contributed by atoms with Crippen LogP contribution in [-0.4, -0.2) is 31.4 Å². The molecule has 7 nitrogen and oxygen atoms in total. The van der Waals surface area contributed by atoms with Crippen molar-refractivity contribution in [1.29, 1.82) is 0 Å². The molecule has 2 rings (SSSR count). The monoisotopic (exact) mass is 390 g/mol. The van der Waals surface area contributed by atoms with E-state index in [-0.39, 0.29) is 16.4 Å². The quantitative estimate of drug-likeness (QED) is 0.673. The van der Waals surface area contributed by atoms with E-state index in [0.29, 0.717) is 5.69 Å². The van der Waals surface area contributed by atoms with Crippen molar-refractivity contribution in [1.82, 2.24) is 5.32 Å². The van der Waals surface area contributed by atoms with Gasteiger partial charge in [-0.25, -0.2) is 13.2 Å². The molecule has 27 heavy (non-hydrogen) atoms. The van der Waals surface area contributed by atoms with Crippen LogP contribution in [0.3, 0.4) is 0 Å². The predicted molar refractivity (Wildman–Crippen MR) is 102 cm³/mol. The van der Waals surface area contributed by atoms with E-state index in [1.165, 1.54) is 24.3 Å². The van der Waals surface area contributed by atoms with Crippen LogP contribution in [0, 0.1) is 12.8 Å². The van der Waals surface area contributed by atoms with Crippen LogP contribution < -0.4 is 10.0 Å².